The van der Waals surface area contributed by atoms with E-state index in [1.54, 1.807) is 0 Å². The molecule has 3 aromatic carbocycles. The van der Waals surface area contributed by atoms with Gasteiger partial charge in [0.25, 0.3) is 0 Å². The van der Waals surface area contributed by atoms with Crippen LogP contribution in [0.4, 0.5) is 0 Å². The smallest absolute Gasteiger partial charge is 0 e. The van der Waals surface area contributed by atoms with Crippen LogP contribution >= 0.6 is 0 Å². The first-order valence-corrected chi connectivity index (χ1v) is 7.16. The summed E-state index contributed by atoms with van der Waals surface area (Å²) in [5.41, 5.74) is 9.09. The normalized spacial score (nSPS) is 9.14. The average molecular weight is 381 g/mol. The van der Waals surface area contributed by atoms with Crippen LogP contribution in [0.2, 0.25) is 0 Å². The average Bonchev–Trinajstić information content (AvgIpc) is 2.58. The maximum Gasteiger partial charge on any atom is 0 e. The van der Waals surface area contributed by atoms with Crippen molar-refractivity contribution in [2.45, 2.75) is 6.42 Å². The van der Waals surface area contributed by atoms with Gasteiger partial charge in [-0.15, -0.1) is 0 Å². The molecular weight excluding hydrogens is 361 g/mol. The standard InChI is InChI=1S/C12H10.C8H10N.Pd/c1-3-7-11(8-4-1)12-9-5-2-6-10-12;9-7-6-8-4-2-1-3-5-8;/h1-10H;1-4H,6-7,9H2;/q;-1;. The van der Waals surface area contributed by atoms with E-state index in [2.05, 4.69) is 54.6 Å². The predicted molar refractivity (Wildman–Crippen MR) is 89.9 cm³/mol. The van der Waals surface area contributed by atoms with Crippen LogP contribution in [0.25, 0.3) is 11.1 Å². The Kier molecular flexibility index (Phi) is 9.11. The van der Waals surface area contributed by atoms with E-state index in [9.17, 15) is 0 Å². The zero-order valence-corrected chi connectivity index (χ0v) is 13.9. The van der Waals surface area contributed by atoms with Gasteiger partial charge in [-0.1, -0.05) is 60.7 Å². The summed E-state index contributed by atoms with van der Waals surface area (Å²) in [5.74, 6) is 0. The molecule has 0 saturated heterocycles. The Balaban J connectivity index is 0.000000219. The zero-order valence-electron chi connectivity index (χ0n) is 12.4. The molecule has 0 heterocycles. The number of nitrogens with two attached hydrogens (primary N) is 1. The van der Waals surface area contributed by atoms with Crippen LogP contribution in [-0.2, 0) is 26.8 Å². The summed E-state index contributed by atoms with van der Waals surface area (Å²) in [6.07, 6.45) is 0.931. The third-order valence-electron chi connectivity index (χ3n) is 3.07. The Labute approximate surface area is 146 Å². The molecule has 0 fully saturated rings. The number of hydrogen-bond acceptors (Lipinski definition) is 1. The van der Waals surface area contributed by atoms with Crippen LogP contribution in [0.15, 0.2) is 84.9 Å². The molecule has 3 aromatic rings. The molecule has 22 heavy (non-hydrogen) atoms. The summed E-state index contributed by atoms with van der Waals surface area (Å²) < 4.78 is 0. The van der Waals surface area contributed by atoms with Crippen molar-refractivity contribution < 1.29 is 20.4 Å². The van der Waals surface area contributed by atoms with Crippen LogP contribution in [0.5, 0.6) is 0 Å². The zero-order chi connectivity index (χ0) is 14.8. The van der Waals surface area contributed by atoms with Crippen LogP contribution in [0.1, 0.15) is 5.56 Å². The van der Waals surface area contributed by atoms with E-state index in [0.717, 1.165) is 6.42 Å². The molecule has 2 heteroatoms. The number of hydrogen-bond donors (Lipinski definition) is 1. The van der Waals surface area contributed by atoms with Crippen molar-refractivity contribution in [2.75, 3.05) is 6.54 Å². The summed E-state index contributed by atoms with van der Waals surface area (Å²) in [6, 6.07) is 31.8. The maximum absolute atomic E-state index is 5.34. The van der Waals surface area contributed by atoms with E-state index in [4.69, 9.17) is 5.73 Å². The van der Waals surface area contributed by atoms with Gasteiger partial charge in [-0.25, -0.2) is 0 Å². The minimum absolute atomic E-state index is 0. The molecule has 0 aliphatic rings. The van der Waals surface area contributed by atoms with Gasteiger partial charge in [0.1, 0.15) is 0 Å². The Morgan fingerprint density at radius 1 is 0.682 bits per heavy atom. The van der Waals surface area contributed by atoms with Crippen LogP contribution in [-0.4, -0.2) is 6.54 Å². The first kappa shape index (κ1) is 18.3. The van der Waals surface area contributed by atoms with Crippen molar-refractivity contribution in [1.82, 2.24) is 0 Å². The third-order valence-corrected chi connectivity index (χ3v) is 3.07. The van der Waals surface area contributed by atoms with Gasteiger partial charge in [-0.2, -0.15) is 35.9 Å². The predicted octanol–water partition coefficient (Wildman–Crippen LogP) is 4.34. The van der Waals surface area contributed by atoms with E-state index in [1.807, 2.05) is 36.4 Å². The van der Waals surface area contributed by atoms with Gasteiger partial charge in [0.05, 0.1) is 0 Å². The van der Waals surface area contributed by atoms with Crippen LogP contribution in [0, 0.1) is 6.07 Å². The van der Waals surface area contributed by atoms with E-state index < -0.39 is 0 Å². The minimum Gasteiger partial charge on any atom is -0.330 e. The second-order valence-electron chi connectivity index (χ2n) is 4.66. The molecule has 0 unspecified atom stereocenters. The molecule has 3 rings (SSSR count). The second-order valence-corrected chi connectivity index (χ2v) is 4.66. The van der Waals surface area contributed by atoms with Gasteiger partial charge in [-0.05, 0) is 24.1 Å². The number of rotatable bonds is 3. The second kappa shape index (κ2) is 10.9. The Morgan fingerprint density at radius 2 is 1.18 bits per heavy atom. The maximum atomic E-state index is 5.34. The SMILES string of the molecule is NCCc1[c-]cccc1.[Pd].c1ccc(-c2ccccc2)cc1. The molecule has 0 aliphatic heterocycles. The summed E-state index contributed by atoms with van der Waals surface area (Å²) in [5, 5.41) is 0. The molecule has 116 valence electrons. The third kappa shape index (κ3) is 6.37. The van der Waals surface area contributed by atoms with Gasteiger partial charge >= 0.3 is 0 Å². The van der Waals surface area contributed by atoms with E-state index in [0.29, 0.717) is 6.54 Å². The Morgan fingerprint density at radius 3 is 1.59 bits per heavy atom. The topological polar surface area (TPSA) is 26.0 Å². The molecule has 0 radical (unpaired) electrons. The van der Waals surface area contributed by atoms with Gasteiger partial charge in [0.15, 0.2) is 0 Å². The molecule has 1 nitrogen and oxygen atoms in total. The summed E-state index contributed by atoms with van der Waals surface area (Å²) in [6.45, 7) is 0.709. The molecule has 0 aromatic heterocycles. The van der Waals surface area contributed by atoms with Gasteiger partial charge in [0, 0.05) is 20.4 Å². The molecule has 0 saturated carbocycles. The molecular formula is C20H20NPd-. The largest absolute Gasteiger partial charge is 0.330 e. The van der Waals surface area contributed by atoms with Crippen molar-refractivity contribution in [3.05, 3.63) is 96.6 Å². The van der Waals surface area contributed by atoms with Crippen molar-refractivity contribution in [3.63, 3.8) is 0 Å². The van der Waals surface area contributed by atoms with Crippen LogP contribution < -0.4 is 5.73 Å². The molecule has 0 spiro atoms. The van der Waals surface area contributed by atoms with E-state index in [-0.39, 0.29) is 20.4 Å². The molecule has 0 aliphatic carbocycles. The summed E-state index contributed by atoms with van der Waals surface area (Å²) in [4.78, 5) is 0. The molecule has 0 bridgehead atoms. The van der Waals surface area contributed by atoms with Crippen LogP contribution in [0.3, 0.4) is 0 Å². The van der Waals surface area contributed by atoms with Gasteiger partial charge in [-0.3, -0.25) is 0 Å². The van der Waals surface area contributed by atoms with Crippen molar-refractivity contribution in [1.29, 1.82) is 0 Å². The monoisotopic (exact) mass is 380 g/mol. The minimum atomic E-state index is 0. The van der Waals surface area contributed by atoms with E-state index >= 15 is 0 Å². The Bertz CT molecular complexity index is 572. The fourth-order valence-electron chi connectivity index (χ4n) is 2.00. The molecule has 0 atom stereocenters. The fraction of sp³-hybridized carbons (Fsp3) is 0.100. The van der Waals surface area contributed by atoms with Crippen molar-refractivity contribution >= 4 is 0 Å². The molecule has 0 amide bonds. The van der Waals surface area contributed by atoms with Gasteiger partial charge < -0.3 is 5.73 Å². The first-order chi connectivity index (χ1) is 10.4. The summed E-state index contributed by atoms with van der Waals surface area (Å²) >= 11 is 0. The Hall–Kier alpha value is -1.72. The quantitative estimate of drug-likeness (QED) is 0.531. The number of benzene rings is 3. The van der Waals surface area contributed by atoms with E-state index in [1.165, 1.54) is 16.7 Å². The fourth-order valence-corrected chi connectivity index (χ4v) is 2.00. The van der Waals surface area contributed by atoms with Crippen molar-refractivity contribution in [2.24, 2.45) is 5.73 Å². The first-order valence-electron chi connectivity index (χ1n) is 7.16. The molecule has 2 N–H and O–H groups in total. The van der Waals surface area contributed by atoms with Gasteiger partial charge in [0.2, 0.25) is 0 Å². The van der Waals surface area contributed by atoms with Crippen molar-refractivity contribution in [3.8, 4) is 11.1 Å². The summed E-state index contributed by atoms with van der Waals surface area (Å²) in [7, 11) is 0.